The van der Waals surface area contributed by atoms with Crippen molar-refractivity contribution in [1.29, 1.82) is 0 Å². The van der Waals surface area contributed by atoms with Crippen molar-refractivity contribution in [3.05, 3.63) is 24.3 Å². The average molecular weight is 341 g/mol. The third-order valence-corrected chi connectivity index (χ3v) is 6.46. The van der Waals surface area contributed by atoms with E-state index in [9.17, 15) is 0 Å². The number of unbranched alkanes of at least 4 members (excludes halogenated alkanes) is 1. The van der Waals surface area contributed by atoms with Crippen molar-refractivity contribution in [2.75, 3.05) is 19.6 Å². The molecule has 1 aromatic carbocycles. The summed E-state index contributed by atoms with van der Waals surface area (Å²) >= 11 is 0. The van der Waals surface area contributed by atoms with Gasteiger partial charge >= 0.3 is 0 Å². The largest absolute Gasteiger partial charge is 0.303 e. The van der Waals surface area contributed by atoms with Gasteiger partial charge in [-0.2, -0.15) is 0 Å². The Labute approximate surface area is 151 Å². The summed E-state index contributed by atoms with van der Waals surface area (Å²) in [5, 5.41) is 8.54. The number of piperidine rings is 1. The zero-order chi connectivity index (χ0) is 16.9. The Morgan fingerprint density at radius 3 is 2.40 bits per heavy atom. The third-order valence-electron chi connectivity index (χ3n) is 6.46. The molecule has 4 nitrogen and oxygen atoms in total. The minimum atomic E-state index is 0.985. The van der Waals surface area contributed by atoms with Gasteiger partial charge in [-0.1, -0.05) is 49.5 Å². The predicted molar refractivity (Wildman–Crippen MR) is 103 cm³/mol. The number of likely N-dealkylation sites (tertiary alicyclic amines) is 1. The topological polar surface area (TPSA) is 34.0 Å². The second kappa shape index (κ2) is 8.31. The van der Waals surface area contributed by atoms with Crippen molar-refractivity contribution in [3.8, 4) is 0 Å². The van der Waals surface area contributed by atoms with Crippen LogP contribution in [-0.4, -0.2) is 39.5 Å². The van der Waals surface area contributed by atoms with Gasteiger partial charge in [0.2, 0.25) is 0 Å². The van der Waals surface area contributed by atoms with Gasteiger partial charge in [0.15, 0.2) is 0 Å². The van der Waals surface area contributed by atoms with Gasteiger partial charge in [-0.3, -0.25) is 0 Å². The first-order chi connectivity index (χ1) is 12.4. The lowest BCUT2D eigenvalue weighted by Gasteiger charge is -2.37. The molecule has 0 spiro atoms. The van der Waals surface area contributed by atoms with Crippen LogP contribution in [0.15, 0.2) is 24.3 Å². The molecule has 1 saturated carbocycles. The van der Waals surface area contributed by atoms with Crippen LogP contribution in [0, 0.1) is 11.8 Å². The van der Waals surface area contributed by atoms with Gasteiger partial charge in [-0.15, -0.1) is 5.10 Å². The summed E-state index contributed by atoms with van der Waals surface area (Å²) in [5.41, 5.74) is 2.17. The normalized spacial score (nSPS) is 21.1. The maximum absolute atomic E-state index is 4.29. The molecule has 2 aliphatic rings. The monoisotopic (exact) mass is 340 g/mol. The molecule has 0 N–H and O–H groups in total. The molecule has 25 heavy (non-hydrogen) atoms. The van der Waals surface area contributed by atoms with Crippen LogP contribution in [0.3, 0.4) is 0 Å². The van der Waals surface area contributed by atoms with E-state index in [0.29, 0.717) is 0 Å². The zero-order valence-electron chi connectivity index (χ0n) is 15.4. The number of benzene rings is 1. The van der Waals surface area contributed by atoms with Crippen LogP contribution < -0.4 is 0 Å². The van der Waals surface area contributed by atoms with Crippen molar-refractivity contribution >= 4 is 11.0 Å². The molecule has 2 fully saturated rings. The fourth-order valence-electron chi connectivity index (χ4n) is 4.93. The van der Waals surface area contributed by atoms with E-state index in [1.807, 2.05) is 12.1 Å². The zero-order valence-corrected chi connectivity index (χ0v) is 15.4. The third kappa shape index (κ3) is 4.22. The molecule has 0 unspecified atom stereocenters. The SMILES string of the molecule is c1ccc2c(c1)nnn2CCCCN1CCC(C2CCCCC2)CC1. The van der Waals surface area contributed by atoms with E-state index in [-0.39, 0.29) is 0 Å². The van der Waals surface area contributed by atoms with Crippen molar-refractivity contribution < 1.29 is 0 Å². The van der Waals surface area contributed by atoms with Gasteiger partial charge in [0.1, 0.15) is 5.52 Å². The number of nitrogens with zero attached hydrogens (tertiary/aromatic N) is 4. The number of fused-ring (bicyclic) bond motifs is 1. The summed E-state index contributed by atoms with van der Waals surface area (Å²) in [6.07, 6.45) is 12.8. The molecule has 0 bridgehead atoms. The average Bonchev–Trinajstić information content (AvgIpc) is 3.10. The van der Waals surface area contributed by atoms with Crippen LogP contribution in [0.5, 0.6) is 0 Å². The maximum Gasteiger partial charge on any atom is 0.113 e. The lowest BCUT2D eigenvalue weighted by atomic mass is 9.76. The Bertz CT molecular complexity index is 651. The highest BCUT2D eigenvalue weighted by molar-refractivity contribution is 5.73. The fraction of sp³-hybridized carbons (Fsp3) is 0.714. The van der Waals surface area contributed by atoms with Gasteiger partial charge in [-0.25, -0.2) is 4.68 Å². The summed E-state index contributed by atoms with van der Waals surface area (Å²) < 4.78 is 2.06. The molecule has 4 heteroatoms. The Kier molecular flexibility index (Phi) is 5.65. The molecule has 0 atom stereocenters. The Balaban J connectivity index is 1.16. The molecule has 1 aliphatic heterocycles. The van der Waals surface area contributed by atoms with E-state index in [4.69, 9.17) is 0 Å². The van der Waals surface area contributed by atoms with Crippen LogP contribution in [0.2, 0.25) is 0 Å². The Morgan fingerprint density at radius 1 is 0.840 bits per heavy atom. The summed E-state index contributed by atoms with van der Waals surface area (Å²) in [5.74, 6) is 2.08. The number of para-hydroxylation sites is 1. The first kappa shape index (κ1) is 17.0. The van der Waals surface area contributed by atoms with Gasteiger partial charge < -0.3 is 4.90 Å². The van der Waals surface area contributed by atoms with Crippen LogP contribution >= 0.6 is 0 Å². The van der Waals surface area contributed by atoms with E-state index in [2.05, 4.69) is 32.0 Å². The smallest absolute Gasteiger partial charge is 0.113 e. The van der Waals surface area contributed by atoms with Crippen LogP contribution in [0.4, 0.5) is 0 Å². The van der Waals surface area contributed by atoms with E-state index in [0.717, 1.165) is 29.4 Å². The molecule has 0 radical (unpaired) electrons. The van der Waals surface area contributed by atoms with Crippen molar-refractivity contribution in [3.63, 3.8) is 0 Å². The summed E-state index contributed by atoms with van der Waals surface area (Å²) in [6.45, 7) is 4.89. The number of hydrogen-bond donors (Lipinski definition) is 0. The molecule has 2 aromatic rings. The predicted octanol–water partition coefficient (Wildman–Crippen LogP) is 4.50. The van der Waals surface area contributed by atoms with Gasteiger partial charge in [0.05, 0.1) is 5.52 Å². The van der Waals surface area contributed by atoms with Crippen LogP contribution in [0.25, 0.3) is 11.0 Å². The minimum Gasteiger partial charge on any atom is -0.303 e. The number of aromatic nitrogens is 3. The lowest BCUT2D eigenvalue weighted by molar-refractivity contribution is 0.125. The van der Waals surface area contributed by atoms with Crippen molar-refractivity contribution in [2.45, 2.75) is 64.3 Å². The molecule has 4 rings (SSSR count). The van der Waals surface area contributed by atoms with Gasteiger partial charge in [-0.05, 0) is 69.3 Å². The van der Waals surface area contributed by atoms with E-state index in [1.54, 1.807) is 0 Å². The molecular weight excluding hydrogens is 308 g/mol. The van der Waals surface area contributed by atoms with E-state index >= 15 is 0 Å². The number of rotatable bonds is 6. The van der Waals surface area contributed by atoms with Crippen LogP contribution in [0.1, 0.15) is 57.8 Å². The first-order valence-electron chi connectivity index (χ1n) is 10.4. The molecule has 136 valence electrons. The quantitative estimate of drug-likeness (QED) is 0.726. The molecular formula is C21H32N4. The van der Waals surface area contributed by atoms with Crippen molar-refractivity contribution in [1.82, 2.24) is 19.9 Å². The van der Waals surface area contributed by atoms with Gasteiger partial charge in [0.25, 0.3) is 0 Å². The summed E-state index contributed by atoms with van der Waals surface area (Å²) in [6, 6.07) is 8.25. The minimum absolute atomic E-state index is 0.985. The second-order valence-corrected chi connectivity index (χ2v) is 8.09. The maximum atomic E-state index is 4.29. The molecule has 2 heterocycles. The van der Waals surface area contributed by atoms with Crippen LogP contribution in [-0.2, 0) is 6.54 Å². The first-order valence-corrected chi connectivity index (χ1v) is 10.4. The van der Waals surface area contributed by atoms with E-state index < -0.39 is 0 Å². The summed E-state index contributed by atoms with van der Waals surface area (Å²) in [7, 11) is 0. The van der Waals surface area contributed by atoms with E-state index in [1.165, 1.54) is 77.4 Å². The van der Waals surface area contributed by atoms with Gasteiger partial charge in [0, 0.05) is 6.54 Å². The summed E-state index contributed by atoms with van der Waals surface area (Å²) in [4.78, 5) is 2.69. The highest BCUT2D eigenvalue weighted by atomic mass is 15.4. The molecule has 0 amide bonds. The number of hydrogen-bond acceptors (Lipinski definition) is 3. The molecule has 1 aromatic heterocycles. The van der Waals surface area contributed by atoms with Crippen molar-refractivity contribution in [2.24, 2.45) is 11.8 Å². The molecule has 1 saturated heterocycles. The second-order valence-electron chi connectivity index (χ2n) is 8.09. The highest BCUT2D eigenvalue weighted by Crippen LogP contribution is 2.35. The standard InChI is InChI=1S/C21H32N4/c1-2-8-18(9-3-1)19-12-16-24(17-13-19)14-6-7-15-25-21-11-5-4-10-20(21)22-23-25/h4-5,10-11,18-19H,1-3,6-9,12-17H2. The molecule has 1 aliphatic carbocycles. The number of aryl methyl sites for hydroxylation is 1. The lowest BCUT2D eigenvalue weighted by Crippen LogP contribution is -2.37. The Hall–Kier alpha value is -1.42. The fourth-order valence-corrected chi connectivity index (χ4v) is 4.93. The Morgan fingerprint density at radius 2 is 1.56 bits per heavy atom. The highest BCUT2D eigenvalue weighted by Gasteiger charge is 2.27.